The van der Waals surface area contributed by atoms with E-state index >= 15 is 0 Å². The number of carbonyl (C=O) groups excluding carboxylic acids is 2. The highest BCUT2D eigenvalue weighted by Crippen LogP contribution is 2.28. The summed E-state index contributed by atoms with van der Waals surface area (Å²) in [5, 5.41) is 31.2. The van der Waals surface area contributed by atoms with Gasteiger partial charge in [0, 0.05) is 12.1 Å². The molecular weight excluding hydrogens is 310 g/mol. The van der Waals surface area contributed by atoms with E-state index in [9.17, 15) is 24.5 Å². The summed E-state index contributed by atoms with van der Waals surface area (Å²) in [5.74, 6) is -2.72. The number of nitro benzene ring substituents is 1. The van der Waals surface area contributed by atoms with Crippen LogP contribution in [0.5, 0.6) is 0 Å². The molecule has 1 aliphatic rings. The van der Waals surface area contributed by atoms with Gasteiger partial charge in [-0.25, -0.2) is 4.79 Å². The van der Waals surface area contributed by atoms with Crippen LogP contribution in [0.3, 0.4) is 0 Å². The number of rotatable bonds is 6. The number of hydrogen-bond donors (Lipinski definition) is 3. The first-order valence-corrected chi connectivity index (χ1v) is 6.32. The summed E-state index contributed by atoms with van der Waals surface area (Å²) in [4.78, 5) is 45.4. The quantitative estimate of drug-likeness (QED) is 0.375. The van der Waals surface area contributed by atoms with Gasteiger partial charge in [-0.3, -0.25) is 24.6 Å². The van der Waals surface area contributed by atoms with Crippen molar-refractivity contribution in [2.45, 2.75) is 0 Å². The molecule has 23 heavy (non-hydrogen) atoms. The summed E-state index contributed by atoms with van der Waals surface area (Å²) in [7, 11) is 0. The highest BCUT2D eigenvalue weighted by Gasteiger charge is 2.31. The highest BCUT2D eigenvalue weighted by molar-refractivity contribution is 6.17. The third kappa shape index (κ3) is 3.16. The van der Waals surface area contributed by atoms with Crippen molar-refractivity contribution in [1.29, 1.82) is 0 Å². The van der Waals surface area contributed by atoms with E-state index in [1.54, 1.807) is 0 Å². The van der Waals surface area contributed by atoms with Crippen molar-refractivity contribution < 1.29 is 29.5 Å². The molecule has 1 aromatic carbocycles. The summed E-state index contributed by atoms with van der Waals surface area (Å²) in [6.07, 6.45) is 0.951. The lowest BCUT2D eigenvalue weighted by Gasteiger charge is -2.13. The van der Waals surface area contributed by atoms with Gasteiger partial charge in [-0.05, 0) is 12.1 Å². The van der Waals surface area contributed by atoms with Gasteiger partial charge in [-0.2, -0.15) is 0 Å². The zero-order valence-corrected chi connectivity index (χ0v) is 11.6. The van der Waals surface area contributed by atoms with Gasteiger partial charge in [0.25, 0.3) is 17.5 Å². The Morgan fingerprint density at radius 1 is 1.35 bits per heavy atom. The van der Waals surface area contributed by atoms with Crippen LogP contribution < -0.4 is 5.32 Å². The van der Waals surface area contributed by atoms with Crippen LogP contribution in [-0.2, 0) is 9.59 Å². The zero-order valence-electron chi connectivity index (χ0n) is 11.6. The normalized spacial score (nSPS) is 14.0. The monoisotopic (exact) mass is 321 g/mol. The number of carbonyl (C=O) groups is 3. The Hall–Kier alpha value is -3.27. The van der Waals surface area contributed by atoms with E-state index in [0.29, 0.717) is 0 Å². The van der Waals surface area contributed by atoms with Crippen LogP contribution in [0, 0.1) is 10.1 Å². The zero-order chi connectivity index (χ0) is 17.1. The molecular formula is C13H11N3O7. The Bertz CT molecular complexity index is 741. The first-order chi connectivity index (χ1) is 10.8. The van der Waals surface area contributed by atoms with Crippen molar-refractivity contribution in [3.63, 3.8) is 0 Å². The lowest BCUT2D eigenvalue weighted by atomic mass is 10.1. The average Bonchev–Trinajstić information content (AvgIpc) is 2.75. The molecule has 0 spiro atoms. The molecule has 1 aliphatic heterocycles. The third-order valence-corrected chi connectivity index (χ3v) is 3.04. The Morgan fingerprint density at radius 2 is 2.04 bits per heavy atom. The predicted molar refractivity (Wildman–Crippen MR) is 75.6 cm³/mol. The SMILES string of the molecule is O=C(O)c1ccc(NC2=CC(=O)N(CCO)C2=O)c([N+](=O)[O-])c1. The second kappa shape index (κ2) is 6.23. The highest BCUT2D eigenvalue weighted by atomic mass is 16.6. The van der Waals surface area contributed by atoms with Gasteiger partial charge in [-0.1, -0.05) is 0 Å². The molecule has 0 bridgehead atoms. The molecule has 3 N–H and O–H groups in total. The second-order valence-corrected chi connectivity index (χ2v) is 4.50. The number of aromatic carboxylic acids is 1. The average molecular weight is 321 g/mol. The van der Waals surface area contributed by atoms with E-state index in [2.05, 4.69) is 5.32 Å². The maximum absolute atomic E-state index is 12.0. The lowest BCUT2D eigenvalue weighted by molar-refractivity contribution is -0.384. The number of nitrogens with one attached hydrogen (secondary N) is 1. The van der Waals surface area contributed by atoms with Crippen LogP contribution in [-0.4, -0.2) is 51.0 Å². The van der Waals surface area contributed by atoms with Crippen molar-refractivity contribution in [1.82, 2.24) is 4.90 Å². The fourth-order valence-corrected chi connectivity index (χ4v) is 1.98. The largest absolute Gasteiger partial charge is 0.478 e. The van der Waals surface area contributed by atoms with Crippen molar-refractivity contribution in [3.8, 4) is 0 Å². The molecule has 0 saturated carbocycles. The minimum absolute atomic E-state index is 0.127. The van der Waals surface area contributed by atoms with Gasteiger partial charge < -0.3 is 15.5 Å². The Balaban J connectivity index is 2.32. The smallest absolute Gasteiger partial charge is 0.335 e. The number of aliphatic hydroxyl groups excluding tert-OH is 1. The van der Waals surface area contributed by atoms with E-state index in [0.717, 1.165) is 29.2 Å². The van der Waals surface area contributed by atoms with Gasteiger partial charge in [0.05, 0.1) is 23.6 Å². The van der Waals surface area contributed by atoms with Crippen LogP contribution in [0.1, 0.15) is 10.4 Å². The number of benzene rings is 1. The van der Waals surface area contributed by atoms with Crippen molar-refractivity contribution in [3.05, 3.63) is 45.6 Å². The second-order valence-electron chi connectivity index (χ2n) is 4.50. The molecule has 2 rings (SSSR count). The number of anilines is 1. The number of amides is 2. The number of aliphatic hydroxyl groups is 1. The summed E-state index contributed by atoms with van der Waals surface area (Å²) in [5.41, 5.74) is -1.16. The number of carboxylic acids is 1. The van der Waals surface area contributed by atoms with Gasteiger partial charge >= 0.3 is 5.97 Å². The topological polar surface area (TPSA) is 150 Å². The Kier molecular flexibility index (Phi) is 4.37. The predicted octanol–water partition coefficient (Wildman–Crippen LogP) is -0.0501. The molecule has 10 nitrogen and oxygen atoms in total. The summed E-state index contributed by atoms with van der Waals surface area (Å²) >= 11 is 0. The van der Waals surface area contributed by atoms with Crippen LogP contribution in [0.4, 0.5) is 11.4 Å². The van der Waals surface area contributed by atoms with Gasteiger partial charge in [0.1, 0.15) is 11.4 Å². The van der Waals surface area contributed by atoms with Crippen LogP contribution in [0.15, 0.2) is 30.0 Å². The number of nitrogens with zero attached hydrogens (tertiary/aromatic N) is 2. The molecule has 1 heterocycles. The minimum atomic E-state index is -1.33. The first kappa shape index (κ1) is 16.1. The molecule has 0 atom stereocenters. The number of hydrogen-bond acceptors (Lipinski definition) is 7. The summed E-state index contributed by atoms with van der Waals surface area (Å²) < 4.78 is 0. The van der Waals surface area contributed by atoms with Crippen molar-refractivity contribution in [2.75, 3.05) is 18.5 Å². The number of imide groups is 1. The number of β-amino-alcohol motifs (C(OH)–C–C–N with tert-alkyl or cyclic N) is 1. The van der Waals surface area contributed by atoms with Crippen LogP contribution in [0.2, 0.25) is 0 Å². The number of carboxylic acid groups (broad SMARTS) is 1. The van der Waals surface area contributed by atoms with E-state index in [4.69, 9.17) is 10.2 Å². The minimum Gasteiger partial charge on any atom is -0.478 e. The molecule has 0 aliphatic carbocycles. The lowest BCUT2D eigenvalue weighted by Crippen LogP contribution is -2.34. The molecule has 0 fully saturated rings. The molecule has 120 valence electrons. The molecule has 0 saturated heterocycles. The molecule has 0 aromatic heterocycles. The Morgan fingerprint density at radius 3 is 2.61 bits per heavy atom. The fraction of sp³-hybridized carbons (Fsp3) is 0.154. The standard InChI is InChI=1S/C13H11N3O7/c17-4-3-15-11(18)6-9(12(15)19)14-8-2-1-7(13(20)21)5-10(8)16(22)23/h1-2,5-6,14,17H,3-4H2,(H,20,21). The van der Waals surface area contributed by atoms with Crippen LogP contribution in [0.25, 0.3) is 0 Å². The van der Waals surface area contributed by atoms with Gasteiger partial charge in [0.15, 0.2) is 0 Å². The molecule has 1 aromatic rings. The third-order valence-electron chi connectivity index (χ3n) is 3.04. The summed E-state index contributed by atoms with van der Waals surface area (Å²) in [6, 6.07) is 3.11. The molecule has 0 radical (unpaired) electrons. The Labute approximate surface area is 128 Å². The van der Waals surface area contributed by atoms with Gasteiger partial charge in [0.2, 0.25) is 0 Å². The molecule has 10 heteroatoms. The van der Waals surface area contributed by atoms with E-state index < -0.39 is 35.0 Å². The van der Waals surface area contributed by atoms with Gasteiger partial charge in [-0.15, -0.1) is 0 Å². The maximum atomic E-state index is 12.0. The fourth-order valence-electron chi connectivity index (χ4n) is 1.98. The van der Waals surface area contributed by atoms with E-state index in [1.165, 1.54) is 0 Å². The van der Waals surface area contributed by atoms with Crippen molar-refractivity contribution in [2.24, 2.45) is 0 Å². The molecule has 2 amide bonds. The van der Waals surface area contributed by atoms with E-state index in [-0.39, 0.29) is 23.5 Å². The van der Waals surface area contributed by atoms with Crippen LogP contribution >= 0.6 is 0 Å². The number of nitro groups is 1. The summed E-state index contributed by atoms with van der Waals surface area (Å²) in [6.45, 7) is -0.606. The maximum Gasteiger partial charge on any atom is 0.335 e. The molecule has 0 unspecified atom stereocenters. The van der Waals surface area contributed by atoms with Crippen molar-refractivity contribution >= 4 is 29.2 Å². The van der Waals surface area contributed by atoms with E-state index in [1.807, 2.05) is 0 Å². The first-order valence-electron chi connectivity index (χ1n) is 6.32.